The number of hydrogen-bond donors (Lipinski definition) is 1. The lowest BCUT2D eigenvalue weighted by molar-refractivity contribution is 0.0691. The van der Waals surface area contributed by atoms with Crippen molar-refractivity contribution in [1.82, 2.24) is 4.98 Å². The van der Waals surface area contributed by atoms with E-state index in [1.165, 1.54) is 22.7 Å². The Morgan fingerprint density at radius 2 is 2.20 bits per heavy atom. The van der Waals surface area contributed by atoms with E-state index in [2.05, 4.69) is 36.8 Å². The second-order valence-electron chi connectivity index (χ2n) is 2.58. The summed E-state index contributed by atoms with van der Waals surface area (Å²) in [6, 6.07) is 1.92. The highest BCUT2D eigenvalue weighted by atomic mass is 79.9. The van der Waals surface area contributed by atoms with Crippen molar-refractivity contribution in [2.24, 2.45) is 0 Å². The van der Waals surface area contributed by atoms with Crippen molar-refractivity contribution in [3.63, 3.8) is 0 Å². The molecule has 0 amide bonds. The molecule has 0 fully saturated rings. The highest BCUT2D eigenvalue weighted by Crippen LogP contribution is 2.39. The fraction of sp³-hybridized carbons (Fsp3) is 0. The molecule has 0 atom stereocenters. The molecule has 2 rings (SSSR count). The number of aromatic nitrogens is 1. The third kappa shape index (κ3) is 2.30. The molecule has 2 aromatic rings. The number of thiazole rings is 1. The molecule has 0 bridgehead atoms. The number of thiophene rings is 1. The minimum absolute atomic E-state index is 0.0932. The maximum atomic E-state index is 10.6. The zero-order valence-electron chi connectivity index (χ0n) is 7.03. The number of carboxylic acid groups (broad SMARTS) is 1. The van der Waals surface area contributed by atoms with Crippen LogP contribution in [0.1, 0.15) is 10.5 Å². The smallest absolute Gasteiger partial charge is 0.355 e. The van der Waals surface area contributed by atoms with Crippen molar-refractivity contribution in [2.45, 2.75) is 0 Å². The van der Waals surface area contributed by atoms with Gasteiger partial charge < -0.3 is 5.11 Å². The molecule has 2 aromatic heterocycles. The van der Waals surface area contributed by atoms with Crippen LogP contribution in [0.4, 0.5) is 0 Å². The van der Waals surface area contributed by atoms with Crippen LogP contribution in [0.25, 0.3) is 9.88 Å². The Morgan fingerprint density at radius 1 is 1.47 bits per heavy atom. The standard InChI is InChI=1S/C8H3Br2NO2S2/c9-3-1-5(15-6(3)10)7-11-4(2-14-7)8(12)13/h1-2H,(H,12,13). The van der Waals surface area contributed by atoms with Crippen LogP contribution in [-0.2, 0) is 0 Å². The minimum Gasteiger partial charge on any atom is -0.476 e. The average Bonchev–Trinajstić information content (AvgIpc) is 2.74. The van der Waals surface area contributed by atoms with Crippen molar-refractivity contribution >= 4 is 60.5 Å². The van der Waals surface area contributed by atoms with Gasteiger partial charge in [-0.3, -0.25) is 0 Å². The Balaban J connectivity index is 2.41. The first-order chi connectivity index (χ1) is 7.08. The second-order valence-corrected chi connectivity index (χ2v) is 6.66. The maximum absolute atomic E-state index is 10.6. The van der Waals surface area contributed by atoms with E-state index in [9.17, 15) is 4.79 Å². The fourth-order valence-electron chi connectivity index (χ4n) is 0.937. The quantitative estimate of drug-likeness (QED) is 0.868. The average molecular weight is 369 g/mol. The molecular weight excluding hydrogens is 366 g/mol. The van der Waals surface area contributed by atoms with Gasteiger partial charge in [-0.25, -0.2) is 9.78 Å². The lowest BCUT2D eigenvalue weighted by atomic mass is 10.4. The number of aromatic carboxylic acids is 1. The van der Waals surface area contributed by atoms with Crippen LogP contribution in [0.15, 0.2) is 19.7 Å². The van der Waals surface area contributed by atoms with Crippen molar-refractivity contribution in [1.29, 1.82) is 0 Å². The van der Waals surface area contributed by atoms with Gasteiger partial charge >= 0.3 is 5.97 Å². The van der Waals surface area contributed by atoms with Crippen LogP contribution in [0.2, 0.25) is 0 Å². The van der Waals surface area contributed by atoms with Crippen molar-refractivity contribution < 1.29 is 9.90 Å². The molecule has 0 aromatic carbocycles. The van der Waals surface area contributed by atoms with E-state index in [0.717, 1.165) is 18.1 Å². The zero-order valence-corrected chi connectivity index (χ0v) is 11.8. The Labute approximate surface area is 110 Å². The molecule has 78 valence electrons. The number of nitrogens with zero attached hydrogens (tertiary/aromatic N) is 1. The van der Waals surface area contributed by atoms with Crippen LogP contribution in [0.5, 0.6) is 0 Å². The number of carboxylic acids is 1. The van der Waals surface area contributed by atoms with E-state index < -0.39 is 5.97 Å². The van der Waals surface area contributed by atoms with Crippen molar-refractivity contribution in [3.8, 4) is 9.88 Å². The summed E-state index contributed by atoms with van der Waals surface area (Å²) in [5.74, 6) is -0.993. The lowest BCUT2D eigenvalue weighted by Crippen LogP contribution is -1.95. The van der Waals surface area contributed by atoms with Gasteiger partial charge in [0.05, 0.1) is 8.66 Å². The van der Waals surface area contributed by atoms with Gasteiger partial charge in [-0.1, -0.05) is 0 Å². The normalized spacial score (nSPS) is 10.5. The van der Waals surface area contributed by atoms with Gasteiger partial charge in [0.2, 0.25) is 0 Å². The highest BCUT2D eigenvalue weighted by Gasteiger charge is 2.13. The van der Waals surface area contributed by atoms with E-state index in [-0.39, 0.29) is 5.69 Å². The van der Waals surface area contributed by atoms with Gasteiger partial charge in [0, 0.05) is 9.85 Å². The molecule has 3 nitrogen and oxygen atoms in total. The van der Waals surface area contributed by atoms with Gasteiger partial charge in [-0.05, 0) is 37.9 Å². The van der Waals surface area contributed by atoms with Gasteiger partial charge in [-0.2, -0.15) is 0 Å². The summed E-state index contributed by atoms with van der Waals surface area (Å²) in [7, 11) is 0. The summed E-state index contributed by atoms with van der Waals surface area (Å²) in [5.41, 5.74) is 0.0932. The first-order valence-electron chi connectivity index (χ1n) is 3.72. The van der Waals surface area contributed by atoms with Gasteiger partial charge in [0.1, 0.15) is 5.01 Å². The summed E-state index contributed by atoms with van der Waals surface area (Å²) >= 11 is 9.60. The Hall–Kier alpha value is -0.240. The Morgan fingerprint density at radius 3 is 2.67 bits per heavy atom. The highest BCUT2D eigenvalue weighted by molar-refractivity contribution is 9.13. The second kappa shape index (κ2) is 4.32. The summed E-state index contributed by atoms with van der Waals surface area (Å²) in [5, 5.41) is 11.0. The van der Waals surface area contributed by atoms with Gasteiger partial charge in [0.25, 0.3) is 0 Å². The number of hydrogen-bond acceptors (Lipinski definition) is 4. The predicted molar refractivity (Wildman–Crippen MR) is 67.8 cm³/mol. The third-order valence-corrected chi connectivity index (χ3v) is 5.85. The molecule has 1 N–H and O–H groups in total. The molecule has 15 heavy (non-hydrogen) atoms. The predicted octanol–water partition coefficient (Wildman–Crippen LogP) is 4.09. The van der Waals surface area contributed by atoms with Crippen LogP contribution in [0, 0.1) is 0 Å². The molecule has 0 saturated heterocycles. The lowest BCUT2D eigenvalue weighted by Gasteiger charge is -1.86. The summed E-state index contributed by atoms with van der Waals surface area (Å²) in [4.78, 5) is 15.6. The molecule has 0 spiro atoms. The van der Waals surface area contributed by atoms with E-state index in [1.807, 2.05) is 6.07 Å². The van der Waals surface area contributed by atoms with Crippen LogP contribution < -0.4 is 0 Å². The molecule has 0 aliphatic carbocycles. The zero-order chi connectivity index (χ0) is 11.0. The first kappa shape index (κ1) is 11.3. The number of halogens is 2. The van der Waals surface area contributed by atoms with E-state index >= 15 is 0 Å². The summed E-state index contributed by atoms with van der Waals surface area (Å²) in [6.45, 7) is 0. The Bertz CT molecular complexity index is 501. The molecule has 0 aliphatic heterocycles. The molecule has 2 heterocycles. The number of carbonyl (C=O) groups is 1. The molecule has 0 aliphatic rings. The third-order valence-electron chi connectivity index (χ3n) is 1.58. The molecule has 0 radical (unpaired) electrons. The SMILES string of the molecule is O=C(O)c1csc(-c2cc(Br)c(Br)s2)n1. The summed E-state index contributed by atoms with van der Waals surface area (Å²) in [6.07, 6.45) is 0. The van der Waals surface area contributed by atoms with Crippen LogP contribution in [-0.4, -0.2) is 16.1 Å². The number of rotatable bonds is 2. The largest absolute Gasteiger partial charge is 0.476 e. The van der Waals surface area contributed by atoms with Crippen molar-refractivity contribution in [3.05, 3.63) is 25.4 Å². The molecule has 7 heteroatoms. The topological polar surface area (TPSA) is 50.2 Å². The van der Waals surface area contributed by atoms with E-state index in [0.29, 0.717) is 0 Å². The van der Waals surface area contributed by atoms with Gasteiger partial charge in [0.15, 0.2) is 5.69 Å². The molecule has 0 saturated carbocycles. The molecular formula is C8H3Br2NO2S2. The van der Waals surface area contributed by atoms with Crippen LogP contribution in [0.3, 0.4) is 0 Å². The van der Waals surface area contributed by atoms with Crippen LogP contribution >= 0.6 is 54.5 Å². The minimum atomic E-state index is -0.993. The summed E-state index contributed by atoms with van der Waals surface area (Å²) < 4.78 is 1.93. The fourth-order valence-corrected chi connectivity index (χ4v) is 3.83. The van der Waals surface area contributed by atoms with E-state index in [1.54, 1.807) is 5.38 Å². The Kier molecular flexibility index (Phi) is 3.24. The van der Waals surface area contributed by atoms with Gasteiger partial charge in [-0.15, -0.1) is 22.7 Å². The van der Waals surface area contributed by atoms with Crippen molar-refractivity contribution in [2.75, 3.05) is 0 Å². The maximum Gasteiger partial charge on any atom is 0.355 e. The monoisotopic (exact) mass is 367 g/mol. The molecule has 0 unspecified atom stereocenters. The van der Waals surface area contributed by atoms with E-state index in [4.69, 9.17) is 5.11 Å². The first-order valence-corrected chi connectivity index (χ1v) is 7.00.